The molecule has 3 heterocycles. The number of carboxylic acid groups (broad SMARTS) is 1. The van der Waals surface area contributed by atoms with Crippen LogP contribution in [0.1, 0.15) is 37.9 Å². The maximum Gasteiger partial charge on any atom is 0.326 e. The molecule has 0 saturated carbocycles. The van der Waals surface area contributed by atoms with Gasteiger partial charge in [-0.25, -0.2) is 19.6 Å². The molecule has 1 aliphatic rings. The zero-order valence-electron chi connectivity index (χ0n) is 20.6. The first kappa shape index (κ1) is 26.9. The highest BCUT2D eigenvalue weighted by Gasteiger charge is 2.28. The molecular formula is C24H35N7O5. The molecule has 1 aliphatic heterocycles. The first-order valence-corrected chi connectivity index (χ1v) is 12.1. The van der Waals surface area contributed by atoms with E-state index < -0.39 is 30.0 Å². The van der Waals surface area contributed by atoms with Gasteiger partial charge >= 0.3 is 12.0 Å². The van der Waals surface area contributed by atoms with Crippen LogP contribution in [0.15, 0.2) is 30.9 Å². The fourth-order valence-corrected chi connectivity index (χ4v) is 3.80. The van der Waals surface area contributed by atoms with Crippen molar-refractivity contribution in [2.75, 3.05) is 18.9 Å². The number of aromatic nitrogens is 3. The van der Waals surface area contributed by atoms with Crippen molar-refractivity contribution in [1.82, 2.24) is 30.5 Å². The summed E-state index contributed by atoms with van der Waals surface area (Å²) >= 11 is 0. The van der Waals surface area contributed by atoms with E-state index in [4.69, 9.17) is 10.5 Å². The molecule has 0 radical (unpaired) electrons. The van der Waals surface area contributed by atoms with Crippen LogP contribution in [0.4, 0.5) is 10.6 Å². The van der Waals surface area contributed by atoms with Crippen molar-refractivity contribution in [3.05, 3.63) is 42.1 Å². The molecule has 0 spiro atoms. The summed E-state index contributed by atoms with van der Waals surface area (Å²) in [6.45, 7) is 5.69. The van der Waals surface area contributed by atoms with Gasteiger partial charge in [0.05, 0.1) is 24.7 Å². The van der Waals surface area contributed by atoms with Crippen LogP contribution in [0.5, 0.6) is 0 Å². The van der Waals surface area contributed by atoms with Crippen LogP contribution >= 0.6 is 0 Å². The van der Waals surface area contributed by atoms with Crippen LogP contribution in [0.3, 0.4) is 0 Å². The first-order chi connectivity index (χ1) is 17.2. The minimum atomic E-state index is -1.23. The summed E-state index contributed by atoms with van der Waals surface area (Å²) in [6, 6.07) is -0.00744. The van der Waals surface area contributed by atoms with Crippen LogP contribution in [-0.2, 0) is 33.7 Å². The number of hydrogen-bond acceptors (Lipinski definition) is 7. The number of nitrogens with two attached hydrogens (primary N) is 1. The van der Waals surface area contributed by atoms with Crippen LogP contribution in [0.25, 0.3) is 0 Å². The third-order valence-electron chi connectivity index (χ3n) is 6.00. The number of pyridine rings is 1. The highest BCUT2D eigenvalue weighted by Crippen LogP contribution is 2.09. The van der Waals surface area contributed by atoms with Gasteiger partial charge in [0.15, 0.2) is 0 Å². The average Bonchev–Trinajstić information content (AvgIpc) is 3.27. The molecule has 0 unspecified atom stereocenters. The summed E-state index contributed by atoms with van der Waals surface area (Å²) < 4.78 is 7.72. The van der Waals surface area contributed by atoms with E-state index in [9.17, 15) is 19.5 Å². The predicted molar refractivity (Wildman–Crippen MR) is 132 cm³/mol. The van der Waals surface area contributed by atoms with Crippen molar-refractivity contribution in [2.24, 2.45) is 5.92 Å². The molecule has 3 amide bonds. The largest absolute Gasteiger partial charge is 0.480 e. The summed E-state index contributed by atoms with van der Waals surface area (Å²) in [7, 11) is 0. The lowest BCUT2D eigenvalue weighted by Gasteiger charge is -2.26. The van der Waals surface area contributed by atoms with Crippen LogP contribution in [-0.4, -0.2) is 68.9 Å². The Bertz CT molecular complexity index is 1020. The number of aliphatic carboxylic acids is 1. The lowest BCUT2D eigenvalue weighted by atomic mass is 10.0. The molecule has 3 atom stereocenters. The Balaban J connectivity index is 1.73. The quantitative estimate of drug-likeness (QED) is 0.385. The third-order valence-corrected chi connectivity index (χ3v) is 6.00. The van der Waals surface area contributed by atoms with Gasteiger partial charge < -0.3 is 36.1 Å². The number of nitrogens with one attached hydrogen (secondary N) is 3. The number of carboxylic acids is 1. The third kappa shape index (κ3) is 8.22. The van der Waals surface area contributed by atoms with Gasteiger partial charge in [0, 0.05) is 38.4 Å². The molecule has 196 valence electrons. The summed E-state index contributed by atoms with van der Waals surface area (Å²) in [4.78, 5) is 46.1. The Hall–Kier alpha value is -3.67. The molecule has 2 aromatic rings. The maximum absolute atomic E-state index is 13.2. The predicted octanol–water partition coefficient (Wildman–Crippen LogP) is 0.718. The van der Waals surface area contributed by atoms with Crippen molar-refractivity contribution >= 4 is 23.7 Å². The molecule has 0 fully saturated rings. The molecular weight excluding hydrogens is 466 g/mol. The second-order valence-electron chi connectivity index (χ2n) is 9.30. The highest BCUT2D eigenvalue weighted by atomic mass is 16.5. The number of amides is 3. The molecule has 12 nitrogen and oxygen atoms in total. The molecule has 36 heavy (non-hydrogen) atoms. The van der Waals surface area contributed by atoms with E-state index in [-0.39, 0.29) is 24.8 Å². The average molecular weight is 502 g/mol. The van der Waals surface area contributed by atoms with Gasteiger partial charge in [-0.15, -0.1) is 0 Å². The summed E-state index contributed by atoms with van der Waals surface area (Å²) in [5.41, 5.74) is 6.82. The molecule has 6 N–H and O–H groups in total. The van der Waals surface area contributed by atoms with E-state index in [0.29, 0.717) is 30.3 Å². The normalized spacial score (nSPS) is 20.1. The molecule has 12 heteroatoms. The minimum absolute atomic E-state index is 0.00403. The smallest absolute Gasteiger partial charge is 0.326 e. The molecule has 0 aliphatic carbocycles. The number of aryl methyl sites for hydroxylation is 1. The first-order valence-electron chi connectivity index (χ1n) is 12.1. The van der Waals surface area contributed by atoms with Crippen molar-refractivity contribution in [1.29, 1.82) is 0 Å². The topological polar surface area (TPSA) is 173 Å². The molecule has 0 aromatic carbocycles. The number of fused-ring (bicyclic) bond motifs is 2. The van der Waals surface area contributed by atoms with Gasteiger partial charge in [-0.2, -0.15) is 0 Å². The molecule has 0 saturated heterocycles. The Morgan fingerprint density at radius 1 is 1.31 bits per heavy atom. The van der Waals surface area contributed by atoms with Gasteiger partial charge in [-0.3, -0.25) is 4.79 Å². The number of urea groups is 1. The zero-order valence-corrected chi connectivity index (χ0v) is 20.6. The minimum Gasteiger partial charge on any atom is -0.480 e. The number of hydrogen-bond donors (Lipinski definition) is 5. The summed E-state index contributed by atoms with van der Waals surface area (Å²) in [5.74, 6) is -1.19. The molecule has 3 rings (SSSR count). The van der Waals surface area contributed by atoms with E-state index in [2.05, 4.69) is 25.9 Å². The Labute approximate surface area is 210 Å². The lowest BCUT2D eigenvalue weighted by molar-refractivity contribution is -0.139. The zero-order chi connectivity index (χ0) is 26.1. The van der Waals surface area contributed by atoms with E-state index in [1.807, 2.05) is 24.6 Å². The van der Waals surface area contributed by atoms with Crippen LogP contribution < -0.4 is 21.7 Å². The van der Waals surface area contributed by atoms with Gasteiger partial charge in [-0.05, 0) is 30.4 Å². The monoisotopic (exact) mass is 501 g/mol. The summed E-state index contributed by atoms with van der Waals surface area (Å²) in [6.07, 6.45) is 6.98. The number of carbonyl (C=O) groups excluding carboxylic acids is 2. The second kappa shape index (κ2) is 12.9. The highest BCUT2D eigenvalue weighted by molar-refractivity contribution is 5.89. The number of carbonyl (C=O) groups is 3. The maximum atomic E-state index is 13.2. The van der Waals surface area contributed by atoms with Gasteiger partial charge in [0.2, 0.25) is 5.91 Å². The van der Waals surface area contributed by atoms with E-state index in [1.165, 1.54) is 6.20 Å². The van der Waals surface area contributed by atoms with Gasteiger partial charge in [-0.1, -0.05) is 19.9 Å². The Kier molecular flexibility index (Phi) is 9.62. The van der Waals surface area contributed by atoms with Crippen molar-refractivity contribution in [3.63, 3.8) is 0 Å². The van der Waals surface area contributed by atoms with E-state index >= 15 is 0 Å². The Morgan fingerprint density at radius 3 is 2.81 bits per heavy atom. The number of nitrogens with zero attached hydrogens (tertiary/aromatic N) is 3. The van der Waals surface area contributed by atoms with E-state index in [1.54, 1.807) is 18.5 Å². The number of nitrogen functional groups attached to an aromatic ring is 1. The second-order valence-corrected chi connectivity index (χ2v) is 9.30. The fourth-order valence-electron chi connectivity index (χ4n) is 3.80. The SMILES string of the molecule is CC(C)[C@H]1COCCCCn2cnc(c2)C[C@@H](NC(=O)N[C@@H](Cc2ccc(N)nc2)C(=O)O)C(=O)N1. The van der Waals surface area contributed by atoms with Crippen LogP contribution in [0.2, 0.25) is 0 Å². The van der Waals surface area contributed by atoms with Crippen LogP contribution in [0, 0.1) is 5.92 Å². The standard InChI is InChI=1S/C24H35N7O5/c1-15(2)20-13-36-8-4-3-7-31-12-17(27-14-31)10-18(22(32)28-20)29-24(35)30-19(23(33)34)9-16-5-6-21(25)26-11-16/h5-6,11-12,14-15,18-20H,3-4,7-10,13H2,1-2H3,(H2,25,26)(H,28,32)(H,33,34)(H2,29,30,35)/t18-,19+,20-/m1/s1. The van der Waals surface area contributed by atoms with Gasteiger partial charge in [0.1, 0.15) is 17.9 Å². The fraction of sp³-hybridized carbons (Fsp3) is 0.542. The van der Waals surface area contributed by atoms with Crippen molar-refractivity contribution in [3.8, 4) is 0 Å². The van der Waals surface area contributed by atoms with Gasteiger partial charge in [0.25, 0.3) is 0 Å². The van der Waals surface area contributed by atoms with Crippen molar-refractivity contribution in [2.45, 2.75) is 64.2 Å². The summed E-state index contributed by atoms with van der Waals surface area (Å²) in [5, 5.41) is 17.7. The van der Waals surface area contributed by atoms with Crippen molar-refractivity contribution < 1.29 is 24.2 Å². The molecule has 2 bridgehead atoms. The number of rotatable bonds is 6. The number of anilines is 1. The van der Waals surface area contributed by atoms with E-state index in [0.717, 1.165) is 19.4 Å². The lowest BCUT2D eigenvalue weighted by Crippen LogP contribution is -2.56. The number of imidazole rings is 1. The molecule has 2 aromatic heterocycles. The Morgan fingerprint density at radius 2 is 2.11 bits per heavy atom. The number of ether oxygens (including phenoxy) is 1.